The van der Waals surface area contributed by atoms with Crippen molar-refractivity contribution in [1.82, 2.24) is 0 Å². The Balaban J connectivity index is 1.51. The number of benzene rings is 3. The molecular weight excluding hydrogens is 364 g/mol. The number of ketones is 1. The van der Waals surface area contributed by atoms with E-state index in [1.807, 2.05) is 18.2 Å². The van der Waals surface area contributed by atoms with Gasteiger partial charge in [-0.15, -0.1) is 0 Å². The van der Waals surface area contributed by atoms with Crippen LogP contribution in [0.15, 0.2) is 78.9 Å². The van der Waals surface area contributed by atoms with E-state index in [1.165, 1.54) is 0 Å². The highest BCUT2D eigenvalue weighted by Gasteiger charge is 2.11. The van der Waals surface area contributed by atoms with Gasteiger partial charge in [-0.3, -0.25) is 4.79 Å². The molecule has 0 aromatic heterocycles. The largest absolute Gasteiger partial charge is 0.490 e. The van der Waals surface area contributed by atoms with Gasteiger partial charge >= 0.3 is 5.97 Å². The molecule has 0 unspecified atom stereocenters. The molecule has 3 rings (SSSR count). The lowest BCUT2D eigenvalue weighted by Gasteiger charge is -2.08. The summed E-state index contributed by atoms with van der Waals surface area (Å²) >= 11 is 5.87. The zero-order chi connectivity index (χ0) is 19.1. The summed E-state index contributed by atoms with van der Waals surface area (Å²) in [7, 11) is 0. The minimum absolute atomic E-state index is 0.0922. The minimum Gasteiger partial charge on any atom is -0.490 e. The molecule has 0 spiro atoms. The van der Waals surface area contributed by atoms with Crippen LogP contribution >= 0.6 is 11.6 Å². The molecule has 136 valence electrons. The second-order valence-corrected chi connectivity index (χ2v) is 6.15. The van der Waals surface area contributed by atoms with Crippen molar-refractivity contribution in [2.45, 2.75) is 0 Å². The van der Waals surface area contributed by atoms with Gasteiger partial charge in [-0.05, 0) is 30.3 Å². The highest BCUT2D eigenvalue weighted by atomic mass is 35.5. The van der Waals surface area contributed by atoms with Crippen molar-refractivity contribution in [3.8, 4) is 5.75 Å². The van der Waals surface area contributed by atoms with Crippen molar-refractivity contribution in [2.75, 3.05) is 13.2 Å². The summed E-state index contributed by atoms with van der Waals surface area (Å²) in [5.74, 6) is 0.0520. The molecule has 5 heteroatoms. The monoisotopic (exact) mass is 380 g/mol. The first-order valence-electron chi connectivity index (χ1n) is 8.39. The van der Waals surface area contributed by atoms with Crippen LogP contribution in [0.5, 0.6) is 5.75 Å². The first kappa shape index (κ1) is 18.7. The molecule has 0 aliphatic heterocycles. The second-order valence-electron chi connectivity index (χ2n) is 5.71. The Labute approximate surface area is 162 Å². The van der Waals surface area contributed by atoms with E-state index >= 15 is 0 Å². The number of esters is 1. The summed E-state index contributed by atoms with van der Waals surface area (Å²) in [6.45, 7) is 0.326. The summed E-state index contributed by atoms with van der Waals surface area (Å²) in [5, 5.41) is 0.578. The van der Waals surface area contributed by atoms with Gasteiger partial charge < -0.3 is 9.47 Å². The van der Waals surface area contributed by atoms with Crippen LogP contribution in [0.1, 0.15) is 26.3 Å². The van der Waals surface area contributed by atoms with Crippen molar-refractivity contribution < 1.29 is 19.1 Å². The van der Waals surface area contributed by atoms with E-state index in [4.69, 9.17) is 21.1 Å². The molecule has 0 amide bonds. The fraction of sp³-hybridized carbons (Fsp3) is 0.0909. The molecule has 0 fully saturated rings. The molecule has 0 radical (unpaired) electrons. The van der Waals surface area contributed by atoms with Crippen LogP contribution in [0.3, 0.4) is 0 Å². The van der Waals surface area contributed by atoms with E-state index < -0.39 is 5.97 Å². The molecule has 0 saturated carbocycles. The maximum Gasteiger partial charge on any atom is 0.338 e. The number of hydrogen-bond donors (Lipinski definition) is 0. The molecule has 0 heterocycles. The van der Waals surface area contributed by atoms with Crippen LogP contribution in [0, 0.1) is 0 Å². The van der Waals surface area contributed by atoms with Crippen molar-refractivity contribution >= 4 is 23.4 Å². The van der Waals surface area contributed by atoms with Crippen LogP contribution in [0.4, 0.5) is 0 Å². The zero-order valence-electron chi connectivity index (χ0n) is 14.4. The van der Waals surface area contributed by atoms with E-state index in [0.29, 0.717) is 27.5 Å². The van der Waals surface area contributed by atoms with Crippen LogP contribution in [0.25, 0.3) is 0 Å². The standard InChI is InChI=1S/C22H17ClO4/c23-19-7-4-8-20(15-19)26-13-14-27-22(25)18-11-9-17(10-12-18)21(24)16-5-2-1-3-6-16/h1-12,15H,13-14H2. The van der Waals surface area contributed by atoms with Gasteiger partial charge in [0.2, 0.25) is 0 Å². The quantitative estimate of drug-likeness (QED) is 0.335. The van der Waals surface area contributed by atoms with Crippen LogP contribution in [0.2, 0.25) is 5.02 Å². The molecule has 0 N–H and O–H groups in total. The highest BCUT2D eigenvalue weighted by molar-refractivity contribution is 6.30. The van der Waals surface area contributed by atoms with Gasteiger partial charge in [-0.25, -0.2) is 4.79 Å². The lowest BCUT2D eigenvalue weighted by Crippen LogP contribution is -2.12. The fourth-order valence-corrected chi connectivity index (χ4v) is 2.63. The summed E-state index contributed by atoms with van der Waals surface area (Å²) in [4.78, 5) is 24.4. The summed E-state index contributed by atoms with van der Waals surface area (Å²) in [6, 6.07) is 22.4. The molecule has 3 aromatic carbocycles. The topological polar surface area (TPSA) is 52.6 Å². The average Bonchev–Trinajstić information content (AvgIpc) is 2.71. The molecule has 3 aromatic rings. The SMILES string of the molecule is O=C(OCCOc1cccc(Cl)c1)c1ccc(C(=O)c2ccccc2)cc1. The van der Waals surface area contributed by atoms with E-state index in [1.54, 1.807) is 60.7 Å². The fourth-order valence-electron chi connectivity index (χ4n) is 2.45. The van der Waals surface area contributed by atoms with Crippen LogP contribution in [-0.4, -0.2) is 25.0 Å². The van der Waals surface area contributed by atoms with Gasteiger partial charge in [0.1, 0.15) is 19.0 Å². The van der Waals surface area contributed by atoms with Crippen molar-refractivity contribution in [3.63, 3.8) is 0 Å². The molecule has 0 saturated heterocycles. The van der Waals surface area contributed by atoms with Gasteiger partial charge in [0.15, 0.2) is 5.78 Å². The first-order chi connectivity index (χ1) is 13.1. The number of ether oxygens (including phenoxy) is 2. The third-order valence-corrected chi connectivity index (χ3v) is 4.04. The normalized spacial score (nSPS) is 10.3. The number of carbonyl (C=O) groups is 2. The second kappa shape index (κ2) is 9.01. The van der Waals surface area contributed by atoms with Gasteiger partial charge in [0.05, 0.1) is 5.56 Å². The van der Waals surface area contributed by atoms with Gasteiger partial charge in [-0.2, -0.15) is 0 Å². The third kappa shape index (κ3) is 5.19. The van der Waals surface area contributed by atoms with Gasteiger partial charge in [0, 0.05) is 16.1 Å². The van der Waals surface area contributed by atoms with E-state index in [0.717, 1.165) is 0 Å². The van der Waals surface area contributed by atoms with Gasteiger partial charge in [0.25, 0.3) is 0 Å². The van der Waals surface area contributed by atoms with Crippen LogP contribution < -0.4 is 4.74 Å². The lowest BCUT2D eigenvalue weighted by atomic mass is 10.0. The predicted molar refractivity (Wildman–Crippen MR) is 104 cm³/mol. The van der Waals surface area contributed by atoms with Crippen molar-refractivity contribution in [2.24, 2.45) is 0 Å². The Bertz CT molecular complexity index is 921. The Kier molecular flexibility index (Phi) is 6.23. The van der Waals surface area contributed by atoms with Crippen molar-refractivity contribution in [1.29, 1.82) is 0 Å². The Morgan fingerprint density at radius 1 is 0.741 bits per heavy atom. The summed E-state index contributed by atoms with van der Waals surface area (Å²) in [5.41, 5.74) is 1.50. The zero-order valence-corrected chi connectivity index (χ0v) is 15.2. The summed E-state index contributed by atoms with van der Waals surface area (Å²) < 4.78 is 10.6. The highest BCUT2D eigenvalue weighted by Crippen LogP contribution is 2.17. The first-order valence-corrected chi connectivity index (χ1v) is 8.76. The number of halogens is 1. The maximum absolute atomic E-state index is 12.4. The minimum atomic E-state index is -0.469. The maximum atomic E-state index is 12.4. The molecule has 0 aliphatic carbocycles. The Morgan fingerprint density at radius 3 is 2.11 bits per heavy atom. The number of carbonyl (C=O) groups excluding carboxylic acids is 2. The third-order valence-electron chi connectivity index (χ3n) is 3.80. The van der Waals surface area contributed by atoms with E-state index in [9.17, 15) is 9.59 Å². The lowest BCUT2D eigenvalue weighted by molar-refractivity contribution is 0.0450. The predicted octanol–water partition coefficient (Wildman–Crippen LogP) is 4.81. The van der Waals surface area contributed by atoms with Gasteiger partial charge in [-0.1, -0.05) is 60.1 Å². The molecular formula is C22H17ClO4. The molecule has 0 bridgehead atoms. The van der Waals surface area contributed by atoms with Crippen LogP contribution in [-0.2, 0) is 4.74 Å². The molecule has 0 aliphatic rings. The molecule has 4 nitrogen and oxygen atoms in total. The Morgan fingerprint density at radius 2 is 1.41 bits per heavy atom. The average molecular weight is 381 g/mol. The van der Waals surface area contributed by atoms with Crippen molar-refractivity contribution in [3.05, 3.63) is 101 Å². The van der Waals surface area contributed by atoms with E-state index in [2.05, 4.69) is 0 Å². The van der Waals surface area contributed by atoms with E-state index in [-0.39, 0.29) is 19.0 Å². The summed E-state index contributed by atoms with van der Waals surface area (Å²) in [6.07, 6.45) is 0. The molecule has 27 heavy (non-hydrogen) atoms. The Hall–Kier alpha value is -3.11. The molecule has 0 atom stereocenters. The number of rotatable bonds is 7. The number of hydrogen-bond acceptors (Lipinski definition) is 4. The smallest absolute Gasteiger partial charge is 0.338 e.